The number of nitrogens with zero attached hydrogens (tertiary/aromatic N) is 2. The molecule has 3 rings (SSSR count). The Morgan fingerprint density at radius 3 is 2.09 bits per heavy atom. The lowest BCUT2D eigenvalue weighted by Gasteiger charge is -2.34. The standard InChI is InChI=1S/C32H39ClFN3O7S/c1-7-21(3)35-32(39)26(8-2)36(19-22-9-12-24(34)13-10-22)31(38)20-37(27-17-23(33)11-15-28(27)42-4)45(40,41)25-14-16-29(43-5)30(18-25)44-6/h9-18,21,26H,7-8,19-20H2,1-6H3,(H,35,39)/t21-,26+/m0/s1. The summed E-state index contributed by atoms with van der Waals surface area (Å²) in [5.74, 6) is -0.925. The Morgan fingerprint density at radius 1 is 0.889 bits per heavy atom. The highest BCUT2D eigenvalue weighted by atomic mass is 35.5. The molecule has 0 bridgehead atoms. The summed E-state index contributed by atoms with van der Waals surface area (Å²) in [5, 5.41) is 3.12. The van der Waals surface area contributed by atoms with Crippen LogP contribution in [0.1, 0.15) is 39.2 Å². The first-order chi connectivity index (χ1) is 21.4. The van der Waals surface area contributed by atoms with Gasteiger partial charge in [0, 0.05) is 23.7 Å². The summed E-state index contributed by atoms with van der Waals surface area (Å²) in [6.07, 6.45) is 0.901. The SMILES string of the molecule is CC[C@H](C(=O)N[C@@H](C)CC)N(Cc1ccc(F)cc1)C(=O)CN(c1cc(Cl)ccc1OC)S(=O)(=O)c1ccc(OC)c(OC)c1. The van der Waals surface area contributed by atoms with Gasteiger partial charge in [0.1, 0.15) is 24.2 Å². The van der Waals surface area contributed by atoms with Gasteiger partial charge in [0.15, 0.2) is 11.5 Å². The van der Waals surface area contributed by atoms with Gasteiger partial charge >= 0.3 is 0 Å². The van der Waals surface area contributed by atoms with Gasteiger partial charge in [-0.2, -0.15) is 0 Å². The average Bonchev–Trinajstić information content (AvgIpc) is 3.03. The summed E-state index contributed by atoms with van der Waals surface area (Å²) in [6, 6.07) is 12.9. The zero-order valence-electron chi connectivity index (χ0n) is 26.2. The predicted octanol–water partition coefficient (Wildman–Crippen LogP) is 5.42. The Bertz CT molecular complexity index is 1590. The molecule has 3 aromatic carbocycles. The van der Waals surface area contributed by atoms with Gasteiger partial charge in [0.05, 0.1) is 31.9 Å². The first-order valence-corrected chi connectivity index (χ1v) is 16.1. The number of amides is 2. The number of carbonyl (C=O) groups is 2. The Labute approximate surface area is 269 Å². The minimum Gasteiger partial charge on any atom is -0.495 e. The van der Waals surface area contributed by atoms with Crippen molar-refractivity contribution >= 4 is 39.1 Å². The van der Waals surface area contributed by atoms with Gasteiger partial charge in [-0.15, -0.1) is 0 Å². The van der Waals surface area contributed by atoms with Gasteiger partial charge in [0.25, 0.3) is 10.0 Å². The van der Waals surface area contributed by atoms with Crippen LogP contribution in [0.2, 0.25) is 5.02 Å². The molecule has 244 valence electrons. The molecule has 2 amide bonds. The second-order valence-electron chi connectivity index (χ2n) is 10.2. The van der Waals surface area contributed by atoms with Crippen molar-refractivity contribution in [2.45, 2.75) is 57.1 Å². The van der Waals surface area contributed by atoms with E-state index < -0.39 is 40.2 Å². The topological polar surface area (TPSA) is 114 Å². The number of nitrogens with one attached hydrogen (secondary N) is 1. The highest BCUT2D eigenvalue weighted by Gasteiger charge is 2.35. The molecule has 0 aromatic heterocycles. The zero-order valence-corrected chi connectivity index (χ0v) is 27.7. The molecule has 0 saturated carbocycles. The van der Waals surface area contributed by atoms with Crippen LogP contribution in [0.5, 0.6) is 17.2 Å². The quantitative estimate of drug-likeness (QED) is 0.231. The van der Waals surface area contributed by atoms with Gasteiger partial charge in [-0.25, -0.2) is 12.8 Å². The third-order valence-corrected chi connectivity index (χ3v) is 9.28. The highest BCUT2D eigenvalue weighted by Crippen LogP contribution is 2.37. The maximum Gasteiger partial charge on any atom is 0.265 e. The van der Waals surface area contributed by atoms with Crippen LogP contribution in [0.3, 0.4) is 0 Å². The first-order valence-electron chi connectivity index (χ1n) is 14.3. The first kappa shape index (κ1) is 35.4. The summed E-state index contributed by atoms with van der Waals surface area (Å²) < 4.78 is 59.3. The van der Waals surface area contributed by atoms with E-state index in [0.29, 0.717) is 17.7 Å². The molecule has 2 atom stereocenters. The number of hydrogen-bond acceptors (Lipinski definition) is 7. The minimum atomic E-state index is -4.48. The number of rotatable bonds is 15. The number of anilines is 1. The second-order valence-corrected chi connectivity index (χ2v) is 12.5. The number of ether oxygens (including phenoxy) is 3. The van der Waals surface area contributed by atoms with Crippen molar-refractivity contribution in [3.63, 3.8) is 0 Å². The van der Waals surface area contributed by atoms with E-state index in [1.54, 1.807) is 6.92 Å². The Kier molecular flexibility index (Phi) is 12.5. The van der Waals surface area contributed by atoms with Crippen molar-refractivity contribution in [3.05, 3.63) is 77.1 Å². The Balaban J connectivity index is 2.17. The van der Waals surface area contributed by atoms with E-state index in [0.717, 1.165) is 4.31 Å². The van der Waals surface area contributed by atoms with Gasteiger partial charge < -0.3 is 24.4 Å². The van der Waals surface area contributed by atoms with Gasteiger partial charge in [0.2, 0.25) is 11.8 Å². The number of sulfonamides is 1. The molecule has 0 heterocycles. The molecule has 0 fully saturated rings. The smallest absolute Gasteiger partial charge is 0.265 e. The number of carbonyl (C=O) groups excluding carboxylic acids is 2. The second kappa shape index (κ2) is 15.8. The Morgan fingerprint density at radius 2 is 1.51 bits per heavy atom. The monoisotopic (exact) mass is 663 g/mol. The van der Waals surface area contributed by atoms with Crippen LogP contribution in [0.25, 0.3) is 0 Å². The van der Waals surface area contributed by atoms with Gasteiger partial charge in [-0.3, -0.25) is 13.9 Å². The van der Waals surface area contributed by atoms with Crippen molar-refractivity contribution < 1.29 is 36.6 Å². The van der Waals surface area contributed by atoms with E-state index in [4.69, 9.17) is 25.8 Å². The molecular weight excluding hydrogens is 625 g/mol. The summed E-state index contributed by atoms with van der Waals surface area (Å²) in [7, 11) is -0.323. The van der Waals surface area contributed by atoms with Gasteiger partial charge in [-0.1, -0.05) is 37.6 Å². The lowest BCUT2D eigenvalue weighted by atomic mass is 10.1. The van der Waals surface area contributed by atoms with E-state index >= 15 is 0 Å². The molecule has 0 aliphatic heterocycles. The predicted molar refractivity (Wildman–Crippen MR) is 171 cm³/mol. The summed E-state index contributed by atoms with van der Waals surface area (Å²) in [6.45, 7) is 4.72. The van der Waals surface area contributed by atoms with Gasteiger partial charge in [-0.05, 0) is 67.8 Å². The Hall–Kier alpha value is -4.03. The minimum absolute atomic E-state index is 0.00646. The van der Waals surface area contributed by atoms with Crippen LogP contribution >= 0.6 is 11.6 Å². The molecule has 10 nitrogen and oxygen atoms in total. The van der Waals surface area contributed by atoms with Crippen molar-refractivity contribution in [2.24, 2.45) is 0 Å². The lowest BCUT2D eigenvalue weighted by molar-refractivity contribution is -0.140. The molecule has 13 heteroatoms. The third-order valence-electron chi connectivity index (χ3n) is 7.28. The number of hydrogen-bond donors (Lipinski definition) is 1. The molecular formula is C32H39ClFN3O7S. The zero-order chi connectivity index (χ0) is 33.3. The maximum absolute atomic E-state index is 14.3. The average molecular weight is 664 g/mol. The molecule has 0 spiro atoms. The van der Waals surface area contributed by atoms with Crippen molar-refractivity contribution in [2.75, 3.05) is 32.2 Å². The summed E-state index contributed by atoms with van der Waals surface area (Å²) in [4.78, 5) is 28.8. The molecule has 1 N–H and O–H groups in total. The normalized spacial score (nSPS) is 12.5. The van der Waals surface area contributed by atoms with Crippen LogP contribution in [0.15, 0.2) is 65.6 Å². The molecule has 3 aromatic rings. The fourth-order valence-corrected chi connectivity index (χ4v) is 6.22. The molecule has 0 unspecified atom stereocenters. The fourth-order valence-electron chi connectivity index (χ4n) is 4.62. The summed E-state index contributed by atoms with van der Waals surface area (Å²) in [5.41, 5.74) is 0.557. The number of methoxy groups -OCH3 is 3. The lowest BCUT2D eigenvalue weighted by Crippen LogP contribution is -2.53. The van der Waals surface area contributed by atoms with E-state index in [-0.39, 0.29) is 46.1 Å². The third kappa shape index (κ3) is 8.58. The fraction of sp³-hybridized carbons (Fsp3) is 0.375. The number of halogens is 2. The molecule has 0 saturated heterocycles. The van der Waals surface area contributed by atoms with Crippen molar-refractivity contribution in [3.8, 4) is 17.2 Å². The van der Waals surface area contributed by atoms with Crippen LogP contribution in [0, 0.1) is 5.82 Å². The highest BCUT2D eigenvalue weighted by molar-refractivity contribution is 7.92. The molecule has 0 radical (unpaired) electrons. The summed E-state index contributed by atoms with van der Waals surface area (Å²) >= 11 is 6.30. The number of benzene rings is 3. The molecule has 45 heavy (non-hydrogen) atoms. The van der Waals surface area contributed by atoms with Crippen LogP contribution in [0.4, 0.5) is 10.1 Å². The largest absolute Gasteiger partial charge is 0.495 e. The van der Waals surface area contributed by atoms with E-state index in [1.807, 2.05) is 13.8 Å². The van der Waals surface area contributed by atoms with E-state index in [1.165, 1.54) is 86.9 Å². The van der Waals surface area contributed by atoms with Crippen molar-refractivity contribution in [1.82, 2.24) is 10.2 Å². The molecule has 0 aliphatic rings. The molecule has 0 aliphatic carbocycles. The van der Waals surface area contributed by atoms with E-state index in [2.05, 4.69) is 5.32 Å². The van der Waals surface area contributed by atoms with E-state index in [9.17, 15) is 22.4 Å². The van der Waals surface area contributed by atoms with Crippen molar-refractivity contribution in [1.29, 1.82) is 0 Å². The van der Waals surface area contributed by atoms with Crippen LogP contribution in [-0.4, -0.2) is 65.1 Å². The van der Waals surface area contributed by atoms with Crippen LogP contribution in [-0.2, 0) is 26.2 Å². The van der Waals surface area contributed by atoms with Crippen LogP contribution < -0.4 is 23.8 Å². The maximum atomic E-state index is 14.3.